The molecule has 2 nitrogen and oxygen atoms in total. The van der Waals surface area contributed by atoms with E-state index in [1.54, 1.807) is 0 Å². The highest BCUT2D eigenvalue weighted by Gasteiger charge is 2.04. The Hall–Kier alpha value is -2.35. The summed E-state index contributed by atoms with van der Waals surface area (Å²) in [6.45, 7) is 0.852. The van der Waals surface area contributed by atoms with Gasteiger partial charge in [0.2, 0.25) is 0 Å². The van der Waals surface area contributed by atoms with Crippen LogP contribution in [-0.4, -0.2) is 9.55 Å². The lowest BCUT2D eigenvalue weighted by atomic mass is 10.1. The Bertz CT molecular complexity index is 612. The van der Waals surface area contributed by atoms with Crippen molar-refractivity contribution in [1.29, 1.82) is 0 Å². The first-order chi connectivity index (χ1) is 8.93. The summed E-state index contributed by atoms with van der Waals surface area (Å²) >= 11 is 0. The molecule has 0 amide bonds. The van der Waals surface area contributed by atoms with Crippen molar-refractivity contribution in [3.8, 4) is 11.3 Å². The molecule has 0 fully saturated rings. The summed E-state index contributed by atoms with van der Waals surface area (Å²) in [5, 5.41) is 0. The van der Waals surface area contributed by atoms with E-state index in [9.17, 15) is 0 Å². The molecule has 3 rings (SSSR count). The Labute approximate surface area is 107 Å². The van der Waals surface area contributed by atoms with Crippen molar-refractivity contribution < 1.29 is 0 Å². The van der Waals surface area contributed by atoms with Crippen LogP contribution in [0.3, 0.4) is 0 Å². The number of imidazole rings is 1. The van der Waals surface area contributed by atoms with E-state index in [0.29, 0.717) is 0 Å². The Morgan fingerprint density at radius 2 is 1.50 bits per heavy atom. The van der Waals surface area contributed by atoms with Gasteiger partial charge in [0, 0.05) is 6.54 Å². The first kappa shape index (κ1) is 10.8. The number of benzene rings is 2. The number of rotatable bonds is 3. The molecule has 2 heteroatoms. The van der Waals surface area contributed by atoms with Crippen LogP contribution in [0.4, 0.5) is 0 Å². The van der Waals surface area contributed by atoms with E-state index >= 15 is 0 Å². The maximum absolute atomic E-state index is 4.26. The van der Waals surface area contributed by atoms with Crippen molar-refractivity contribution in [2.75, 3.05) is 0 Å². The van der Waals surface area contributed by atoms with E-state index in [0.717, 1.165) is 12.2 Å². The van der Waals surface area contributed by atoms with E-state index < -0.39 is 0 Å². The topological polar surface area (TPSA) is 17.8 Å². The molecule has 0 spiro atoms. The first-order valence-corrected chi connectivity index (χ1v) is 6.03. The second kappa shape index (κ2) is 4.88. The molecule has 0 N–H and O–H groups in total. The highest BCUT2D eigenvalue weighted by atomic mass is 15.0. The summed E-state index contributed by atoms with van der Waals surface area (Å²) in [6.07, 6.45) is 3.80. The van der Waals surface area contributed by atoms with Crippen LogP contribution in [0.15, 0.2) is 73.2 Å². The zero-order valence-electron chi connectivity index (χ0n) is 10.0. The fourth-order valence-corrected chi connectivity index (χ4v) is 2.08. The Morgan fingerprint density at radius 3 is 2.22 bits per heavy atom. The minimum atomic E-state index is 0.852. The molecule has 0 radical (unpaired) electrons. The number of hydrogen-bond acceptors (Lipinski definition) is 1. The highest BCUT2D eigenvalue weighted by Crippen LogP contribution is 2.19. The summed E-state index contributed by atoms with van der Waals surface area (Å²) < 4.78 is 2.17. The van der Waals surface area contributed by atoms with Gasteiger partial charge in [-0.2, -0.15) is 0 Å². The molecule has 0 saturated carbocycles. The summed E-state index contributed by atoms with van der Waals surface area (Å²) in [7, 11) is 0. The van der Waals surface area contributed by atoms with Gasteiger partial charge in [-0.15, -0.1) is 0 Å². The Balaban J connectivity index is 1.93. The van der Waals surface area contributed by atoms with Crippen molar-refractivity contribution in [3.63, 3.8) is 0 Å². The predicted molar refractivity (Wildman–Crippen MR) is 73.2 cm³/mol. The lowest BCUT2D eigenvalue weighted by Crippen LogP contribution is -1.99. The molecule has 0 saturated heterocycles. The molecule has 2 aromatic carbocycles. The standard InChI is InChI=1S/C16H14N2/c1-3-7-14(8-4-1)12-18-13-17-11-16(18)15-9-5-2-6-10-15/h1-11,13H,12H2. The molecule has 1 aromatic heterocycles. The third kappa shape index (κ3) is 2.18. The van der Waals surface area contributed by atoms with Crippen LogP contribution in [0.5, 0.6) is 0 Å². The lowest BCUT2D eigenvalue weighted by molar-refractivity contribution is 0.805. The van der Waals surface area contributed by atoms with Crippen LogP contribution in [-0.2, 0) is 6.54 Å². The maximum Gasteiger partial charge on any atom is 0.0954 e. The summed E-state index contributed by atoms with van der Waals surface area (Å²) in [6, 6.07) is 20.8. The van der Waals surface area contributed by atoms with Crippen LogP contribution in [0, 0.1) is 0 Å². The molecule has 0 aliphatic carbocycles. The number of hydrogen-bond donors (Lipinski definition) is 0. The van der Waals surface area contributed by atoms with Crippen molar-refractivity contribution >= 4 is 0 Å². The van der Waals surface area contributed by atoms with Crippen LogP contribution in [0.1, 0.15) is 5.56 Å². The van der Waals surface area contributed by atoms with Crippen LogP contribution in [0.2, 0.25) is 0 Å². The van der Waals surface area contributed by atoms with Gasteiger partial charge in [-0.1, -0.05) is 60.7 Å². The van der Waals surface area contributed by atoms with Gasteiger partial charge in [-0.05, 0) is 11.1 Å². The van der Waals surface area contributed by atoms with Crippen LogP contribution < -0.4 is 0 Å². The Kier molecular flexibility index (Phi) is 2.92. The SMILES string of the molecule is c1ccc(Cn2cncc2-c2ccccc2)cc1. The van der Waals surface area contributed by atoms with E-state index in [2.05, 4.69) is 58.1 Å². The van der Waals surface area contributed by atoms with Crippen LogP contribution >= 0.6 is 0 Å². The van der Waals surface area contributed by atoms with Crippen molar-refractivity contribution in [2.45, 2.75) is 6.54 Å². The third-order valence-corrected chi connectivity index (χ3v) is 2.98. The highest BCUT2D eigenvalue weighted by molar-refractivity contribution is 5.58. The fourth-order valence-electron chi connectivity index (χ4n) is 2.08. The molecule has 0 unspecified atom stereocenters. The zero-order valence-corrected chi connectivity index (χ0v) is 10.0. The van der Waals surface area contributed by atoms with Gasteiger partial charge in [-0.3, -0.25) is 0 Å². The number of nitrogens with zero attached hydrogens (tertiary/aromatic N) is 2. The molecule has 3 aromatic rings. The van der Waals surface area contributed by atoms with E-state index in [-0.39, 0.29) is 0 Å². The molecule has 0 aliphatic heterocycles. The summed E-state index contributed by atoms with van der Waals surface area (Å²) in [4.78, 5) is 4.26. The monoisotopic (exact) mass is 234 g/mol. The molecular formula is C16H14N2. The second-order valence-electron chi connectivity index (χ2n) is 4.26. The zero-order chi connectivity index (χ0) is 12.2. The van der Waals surface area contributed by atoms with Gasteiger partial charge in [0.1, 0.15) is 0 Å². The molecule has 1 heterocycles. The average molecular weight is 234 g/mol. The molecule has 0 bridgehead atoms. The quantitative estimate of drug-likeness (QED) is 0.677. The maximum atomic E-state index is 4.26. The molecular weight excluding hydrogens is 220 g/mol. The molecule has 18 heavy (non-hydrogen) atoms. The molecule has 0 aliphatic rings. The van der Waals surface area contributed by atoms with Crippen LogP contribution in [0.25, 0.3) is 11.3 Å². The molecule has 88 valence electrons. The van der Waals surface area contributed by atoms with E-state index in [4.69, 9.17) is 0 Å². The average Bonchev–Trinajstić information content (AvgIpc) is 2.89. The Morgan fingerprint density at radius 1 is 0.833 bits per heavy atom. The smallest absolute Gasteiger partial charge is 0.0954 e. The lowest BCUT2D eigenvalue weighted by Gasteiger charge is -2.08. The van der Waals surface area contributed by atoms with E-state index in [1.807, 2.05) is 24.7 Å². The van der Waals surface area contributed by atoms with Gasteiger partial charge in [0.25, 0.3) is 0 Å². The second-order valence-corrected chi connectivity index (χ2v) is 4.26. The summed E-state index contributed by atoms with van der Waals surface area (Å²) in [5.74, 6) is 0. The van der Waals surface area contributed by atoms with Crippen molar-refractivity contribution in [1.82, 2.24) is 9.55 Å². The largest absolute Gasteiger partial charge is 0.326 e. The van der Waals surface area contributed by atoms with Crippen molar-refractivity contribution in [2.24, 2.45) is 0 Å². The van der Waals surface area contributed by atoms with Gasteiger partial charge in [0.05, 0.1) is 18.2 Å². The van der Waals surface area contributed by atoms with Crippen molar-refractivity contribution in [3.05, 3.63) is 78.8 Å². The first-order valence-electron chi connectivity index (χ1n) is 6.03. The predicted octanol–water partition coefficient (Wildman–Crippen LogP) is 3.60. The fraction of sp³-hybridized carbons (Fsp3) is 0.0625. The minimum Gasteiger partial charge on any atom is -0.326 e. The summed E-state index contributed by atoms with van der Waals surface area (Å²) in [5.41, 5.74) is 3.64. The van der Waals surface area contributed by atoms with Gasteiger partial charge in [-0.25, -0.2) is 4.98 Å². The minimum absolute atomic E-state index is 0.852. The van der Waals surface area contributed by atoms with Gasteiger partial charge in [0.15, 0.2) is 0 Å². The molecule has 0 atom stereocenters. The van der Waals surface area contributed by atoms with E-state index in [1.165, 1.54) is 11.1 Å². The van der Waals surface area contributed by atoms with Gasteiger partial charge >= 0.3 is 0 Å². The normalized spacial score (nSPS) is 10.4. The third-order valence-electron chi connectivity index (χ3n) is 2.98. The number of aromatic nitrogens is 2. The van der Waals surface area contributed by atoms with Gasteiger partial charge < -0.3 is 4.57 Å².